The maximum Gasteiger partial charge on any atom is 0.524 e. The monoisotopic (exact) mass is 1330 g/mol. The fourth-order valence-corrected chi connectivity index (χ4v) is 13.0. The zero-order chi connectivity index (χ0) is 65.1. The lowest BCUT2D eigenvalue weighted by Crippen LogP contribution is -2.40. The van der Waals surface area contributed by atoms with Gasteiger partial charge in [-0.15, -0.1) is 0 Å². The lowest BCUT2D eigenvalue weighted by atomic mass is 9.78. The van der Waals surface area contributed by atoms with Gasteiger partial charge in [-0.1, -0.05) is 43.5 Å². The molecule has 0 radical (unpaired) electrons. The highest BCUT2D eigenvalue weighted by atomic mass is 35.5. The molecule has 470 valence electrons. The van der Waals surface area contributed by atoms with E-state index in [1.165, 1.54) is 40.7 Å². The van der Waals surface area contributed by atoms with Gasteiger partial charge >= 0.3 is 27.8 Å². The lowest BCUT2D eigenvalue weighted by Gasteiger charge is -2.31. The second-order valence-corrected chi connectivity index (χ2v) is 29.8. The summed E-state index contributed by atoms with van der Waals surface area (Å²) in [6, 6.07) is 6.34. The number of phosphoric acid groups is 1. The third-order valence-corrected chi connectivity index (χ3v) is 18.8. The smallest absolute Gasteiger partial charge is 0.404 e. The SMILES string of the molecule is Cc1cc(CP(=O)(O)O)cc(OP(=O)(O)O)c1C(C)(C)CC(=O)N(c1nn(CC(F)(F)F)c2c(-c3ccc(C#CC(C)(C)S(C)(=O)=O)nc3[C@H](Cc3cc(F)cc(F)c3)NC(=O)Cn3nc(C(F)(F)F)c4c3C(F)(F)[C@@H]3C[C@H]43)ccc(Cl)c12)S(C)(=O)=O. The molecule has 3 aromatic carbocycles. The Hall–Kier alpha value is -6.42. The topological polar surface area (TPSA) is 291 Å². The first kappa shape index (κ1) is 66.5. The number of carbonyl (C=O) groups excluding carboxylic acids is 2. The average molecular weight is 1330 g/mol. The largest absolute Gasteiger partial charge is 0.524 e. The fourth-order valence-electron chi connectivity index (χ4n) is 10.6. The number of pyridine rings is 1. The first-order valence-electron chi connectivity index (χ1n) is 25.3. The van der Waals surface area contributed by atoms with E-state index in [9.17, 15) is 90.3 Å². The molecule has 0 spiro atoms. The second kappa shape index (κ2) is 22.6. The van der Waals surface area contributed by atoms with Crippen LogP contribution in [0, 0.1) is 36.3 Å². The van der Waals surface area contributed by atoms with E-state index >= 15 is 8.78 Å². The van der Waals surface area contributed by atoms with Crippen LogP contribution in [0.5, 0.6) is 5.75 Å². The number of hydrogen-bond donors (Lipinski definition) is 5. The quantitative estimate of drug-likeness (QED) is 0.0304. The number of rotatable bonds is 18. The Balaban J connectivity index is 1.35. The van der Waals surface area contributed by atoms with Crippen molar-refractivity contribution in [2.75, 3.05) is 16.8 Å². The summed E-state index contributed by atoms with van der Waals surface area (Å²) in [6.45, 7) is 2.74. The van der Waals surface area contributed by atoms with Gasteiger partial charge in [0.05, 0.1) is 40.1 Å². The van der Waals surface area contributed by atoms with Crippen LogP contribution in [0.1, 0.15) is 103 Å². The minimum atomic E-state index is -5.52. The van der Waals surface area contributed by atoms with E-state index in [2.05, 4.69) is 32.3 Å². The molecular weight excluding hydrogens is 1280 g/mol. The molecule has 3 atom stereocenters. The zero-order valence-electron chi connectivity index (χ0n) is 46.2. The molecule has 5 N–H and O–H groups in total. The average Bonchev–Trinajstić information content (AvgIpc) is 1.53. The van der Waals surface area contributed by atoms with Crippen LogP contribution in [0.25, 0.3) is 22.0 Å². The summed E-state index contributed by atoms with van der Waals surface area (Å²) in [5.41, 5.74) is -8.81. The molecule has 20 nitrogen and oxygen atoms in total. The minimum Gasteiger partial charge on any atom is -0.404 e. The summed E-state index contributed by atoms with van der Waals surface area (Å²) >= 11 is 6.77. The van der Waals surface area contributed by atoms with Gasteiger partial charge < -0.3 is 19.6 Å². The van der Waals surface area contributed by atoms with Crippen molar-refractivity contribution in [3.05, 3.63) is 122 Å². The van der Waals surface area contributed by atoms with Crippen LogP contribution in [-0.4, -0.2) is 96.2 Å². The van der Waals surface area contributed by atoms with Gasteiger partial charge in [0.2, 0.25) is 21.8 Å². The minimum absolute atomic E-state index is 0.00316. The van der Waals surface area contributed by atoms with Crippen LogP contribution < -0.4 is 14.1 Å². The van der Waals surface area contributed by atoms with Crippen molar-refractivity contribution in [1.82, 2.24) is 29.9 Å². The molecule has 6 aromatic rings. The normalized spacial score (nSPS) is 16.7. The number of hydrogen-bond acceptors (Lipinski definition) is 12. The number of nitrogens with one attached hydrogen (secondary N) is 1. The maximum atomic E-state index is 15.7. The molecule has 1 fully saturated rings. The number of carbonyl (C=O) groups is 2. The van der Waals surface area contributed by atoms with Gasteiger partial charge in [-0.3, -0.25) is 33.3 Å². The number of benzene rings is 3. The molecule has 0 unspecified atom stereocenters. The Morgan fingerprint density at radius 3 is 2.08 bits per heavy atom. The summed E-state index contributed by atoms with van der Waals surface area (Å²) in [5, 5.41) is 8.46. The van der Waals surface area contributed by atoms with Crippen molar-refractivity contribution < 1.29 is 104 Å². The van der Waals surface area contributed by atoms with Crippen molar-refractivity contribution in [1.29, 1.82) is 0 Å². The standard InChI is InChI=1S/C52H50ClF10N7O13P2S2/c1-25-14-27(23-84(73,74)75)18-37(83-85(76,77)78)42(25)48(2,3)21-39(72)70(87(7,81)82)47-41-35(53)11-10-32(44(41)69(67-47)24-50(56,57)58)31-9-8-30(12-13-49(4,5)86(6,79)80)64-43(31)36(17-26-15-28(54)19-29(55)16-26)65-38(71)22-68-46-40(45(66-68)52(61,62)63)33-20-34(33)51(46,59)60/h8-11,14-16,18-19,33-34,36H,17,20-24H2,1-7H3,(H,65,71)(H2,73,74,75)(H2,76,77,78)/t33-,34+,36-/m0/s1. The van der Waals surface area contributed by atoms with Crippen molar-refractivity contribution in [2.45, 2.75) is 114 Å². The summed E-state index contributed by atoms with van der Waals surface area (Å²) in [6.07, 6.45) is -12.3. The number of amides is 2. The second-order valence-electron chi connectivity index (χ2n) is 22.2. The summed E-state index contributed by atoms with van der Waals surface area (Å²) < 4.78 is 230. The van der Waals surface area contributed by atoms with Crippen LogP contribution in [0.3, 0.4) is 0 Å². The number of nitrogens with zero attached hydrogens (tertiary/aromatic N) is 6. The molecule has 1 saturated carbocycles. The third kappa shape index (κ3) is 14.4. The van der Waals surface area contributed by atoms with Crippen LogP contribution >= 0.6 is 27.0 Å². The third-order valence-electron chi connectivity index (χ3n) is 14.3. The highest BCUT2D eigenvalue weighted by Crippen LogP contribution is 2.68. The molecule has 35 heteroatoms. The van der Waals surface area contributed by atoms with E-state index in [0.717, 1.165) is 48.7 Å². The number of sulfone groups is 1. The molecule has 3 aromatic heterocycles. The number of halogens is 11. The molecular formula is C52H50ClF10N7O13P2S2. The van der Waals surface area contributed by atoms with Crippen molar-refractivity contribution in [2.24, 2.45) is 5.92 Å². The summed E-state index contributed by atoms with van der Waals surface area (Å²) in [7, 11) is -19.4. The molecule has 2 amide bonds. The van der Waals surface area contributed by atoms with Gasteiger partial charge in [-0.05, 0) is 98.5 Å². The highest BCUT2D eigenvalue weighted by Gasteiger charge is 2.68. The molecule has 2 aliphatic carbocycles. The van der Waals surface area contributed by atoms with E-state index in [1.807, 2.05) is 0 Å². The molecule has 0 saturated heterocycles. The number of anilines is 1. The highest BCUT2D eigenvalue weighted by molar-refractivity contribution is 7.93. The van der Waals surface area contributed by atoms with Crippen molar-refractivity contribution >= 4 is 75.4 Å². The van der Waals surface area contributed by atoms with Crippen molar-refractivity contribution in [3.63, 3.8) is 0 Å². The predicted octanol–water partition coefficient (Wildman–Crippen LogP) is 9.41. The van der Waals surface area contributed by atoms with Gasteiger partial charge in [-0.25, -0.2) is 35.2 Å². The van der Waals surface area contributed by atoms with Crippen LogP contribution in [-0.2, 0) is 81.8 Å². The molecule has 0 bridgehead atoms. The van der Waals surface area contributed by atoms with Gasteiger partial charge in [0.1, 0.15) is 46.6 Å². The molecule has 0 aliphatic heterocycles. The van der Waals surface area contributed by atoms with Gasteiger partial charge in [0, 0.05) is 52.3 Å². The van der Waals surface area contributed by atoms with Crippen LogP contribution in [0.2, 0.25) is 5.02 Å². The summed E-state index contributed by atoms with van der Waals surface area (Å²) in [5.74, 6) is -8.72. The zero-order valence-corrected chi connectivity index (χ0v) is 50.4. The fraction of sp³-hybridized carbons (Fsp3) is 0.404. The van der Waals surface area contributed by atoms with Gasteiger partial charge in [0.25, 0.3) is 5.92 Å². The maximum absolute atomic E-state index is 15.7. The van der Waals surface area contributed by atoms with Crippen LogP contribution in [0.15, 0.2) is 54.6 Å². The van der Waals surface area contributed by atoms with E-state index in [4.69, 9.17) is 16.1 Å². The number of aryl methyl sites for hydroxylation is 1. The van der Waals surface area contributed by atoms with E-state index in [1.54, 1.807) is 0 Å². The van der Waals surface area contributed by atoms with Gasteiger partial charge in [-0.2, -0.15) is 49.6 Å². The number of phosphoric ester groups is 1. The lowest BCUT2D eigenvalue weighted by molar-refractivity contribution is -0.143. The molecule has 2 aliphatic rings. The Bertz CT molecular complexity index is 4230. The van der Waals surface area contributed by atoms with E-state index in [0.29, 0.717) is 12.3 Å². The number of aromatic nitrogens is 5. The Morgan fingerprint density at radius 1 is 0.897 bits per heavy atom. The van der Waals surface area contributed by atoms with Gasteiger partial charge in [0.15, 0.2) is 21.3 Å². The van der Waals surface area contributed by atoms with Crippen molar-refractivity contribution in [3.8, 4) is 28.7 Å². The summed E-state index contributed by atoms with van der Waals surface area (Å²) in [4.78, 5) is 72.7. The molecule has 3 heterocycles. The predicted molar refractivity (Wildman–Crippen MR) is 292 cm³/mol. The molecule has 87 heavy (non-hydrogen) atoms. The number of alkyl halides is 8. The number of sulfonamides is 1. The number of fused-ring (bicyclic) bond motifs is 4. The first-order valence-corrected chi connectivity index (χ1v) is 32.8. The first-order chi connectivity index (χ1) is 39.6. The Labute approximate surface area is 493 Å². The Kier molecular flexibility index (Phi) is 17.3. The van der Waals surface area contributed by atoms with E-state index in [-0.39, 0.29) is 48.0 Å². The Morgan fingerprint density at radius 2 is 1.52 bits per heavy atom. The van der Waals surface area contributed by atoms with E-state index < -0.39 is 198 Å². The van der Waals surface area contributed by atoms with Crippen LogP contribution in [0.4, 0.5) is 49.7 Å². The molecule has 8 rings (SSSR count).